The maximum Gasteiger partial charge on any atom is 0.120 e. The summed E-state index contributed by atoms with van der Waals surface area (Å²) in [6.45, 7) is 1.85. The highest BCUT2D eigenvalue weighted by Crippen LogP contribution is 2.17. The molecule has 1 aliphatic rings. The minimum atomic E-state index is 0. The standard InChI is InChI=1S/C11H14ClNO.ClH/c12-9-3-1-5-11(7-9)14-8-10-4-2-6-13-10;/h1,3,5,7,10,13H,2,4,6,8H2;1H/t10-;/m0./s1. The lowest BCUT2D eigenvalue weighted by atomic mass is 10.2. The van der Waals surface area contributed by atoms with Crippen LogP contribution in [0.1, 0.15) is 12.8 Å². The number of nitrogens with one attached hydrogen (secondary N) is 1. The Labute approximate surface area is 101 Å². The van der Waals surface area contributed by atoms with Crippen LogP contribution in [0.5, 0.6) is 5.75 Å². The molecule has 84 valence electrons. The van der Waals surface area contributed by atoms with Gasteiger partial charge in [0.2, 0.25) is 0 Å². The predicted molar refractivity (Wildman–Crippen MR) is 65.2 cm³/mol. The zero-order valence-electron chi connectivity index (χ0n) is 8.41. The van der Waals surface area contributed by atoms with Crippen LogP contribution in [0.2, 0.25) is 5.02 Å². The van der Waals surface area contributed by atoms with Gasteiger partial charge in [0.1, 0.15) is 12.4 Å². The molecule has 2 rings (SSSR count). The van der Waals surface area contributed by atoms with Gasteiger partial charge in [-0.15, -0.1) is 12.4 Å². The van der Waals surface area contributed by atoms with Gasteiger partial charge in [0.15, 0.2) is 0 Å². The van der Waals surface area contributed by atoms with Crippen molar-refractivity contribution in [3.8, 4) is 5.75 Å². The number of halogens is 2. The summed E-state index contributed by atoms with van der Waals surface area (Å²) in [5, 5.41) is 4.11. The molecule has 0 bridgehead atoms. The minimum Gasteiger partial charge on any atom is -0.492 e. The summed E-state index contributed by atoms with van der Waals surface area (Å²) in [6, 6.07) is 8.04. The van der Waals surface area contributed by atoms with E-state index in [0.29, 0.717) is 6.04 Å². The van der Waals surface area contributed by atoms with E-state index in [1.54, 1.807) is 0 Å². The van der Waals surface area contributed by atoms with Crippen molar-refractivity contribution >= 4 is 24.0 Å². The molecule has 1 aromatic carbocycles. The normalized spacial score (nSPS) is 19.7. The van der Waals surface area contributed by atoms with Crippen molar-refractivity contribution in [3.63, 3.8) is 0 Å². The summed E-state index contributed by atoms with van der Waals surface area (Å²) in [5.74, 6) is 0.853. The Morgan fingerprint density at radius 2 is 2.33 bits per heavy atom. The molecule has 1 aliphatic heterocycles. The fourth-order valence-corrected chi connectivity index (χ4v) is 1.83. The highest BCUT2D eigenvalue weighted by molar-refractivity contribution is 6.30. The highest BCUT2D eigenvalue weighted by atomic mass is 35.5. The van der Waals surface area contributed by atoms with Crippen LogP contribution in [0.3, 0.4) is 0 Å². The Kier molecular flexibility index (Phi) is 5.23. The number of ether oxygens (including phenoxy) is 1. The first-order valence-corrected chi connectivity index (χ1v) is 5.34. The Hall–Kier alpha value is -0.440. The maximum absolute atomic E-state index is 5.84. The maximum atomic E-state index is 5.84. The average molecular weight is 248 g/mol. The van der Waals surface area contributed by atoms with E-state index in [9.17, 15) is 0 Å². The van der Waals surface area contributed by atoms with Gasteiger partial charge in [0.25, 0.3) is 0 Å². The molecule has 0 radical (unpaired) electrons. The molecule has 1 fully saturated rings. The number of hydrogen-bond donors (Lipinski definition) is 1. The first kappa shape index (κ1) is 12.6. The largest absolute Gasteiger partial charge is 0.492 e. The lowest BCUT2D eigenvalue weighted by Gasteiger charge is -2.11. The van der Waals surface area contributed by atoms with Crippen LogP contribution in [-0.4, -0.2) is 19.2 Å². The van der Waals surface area contributed by atoms with E-state index in [1.807, 2.05) is 24.3 Å². The first-order valence-electron chi connectivity index (χ1n) is 4.96. The van der Waals surface area contributed by atoms with E-state index < -0.39 is 0 Å². The van der Waals surface area contributed by atoms with Crippen molar-refractivity contribution in [1.82, 2.24) is 5.32 Å². The third-order valence-electron chi connectivity index (χ3n) is 2.41. The summed E-state index contributed by atoms with van der Waals surface area (Å²) in [4.78, 5) is 0. The summed E-state index contributed by atoms with van der Waals surface area (Å²) < 4.78 is 5.62. The lowest BCUT2D eigenvalue weighted by molar-refractivity contribution is 0.277. The number of rotatable bonds is 3. The van der Waals surface area contributed by atoms with Gasteiger partial charge in [-0.05, 0) is 37.6 Å². The molecule has 0 aliphatic carbocycles. The van der Waals surface area contributed by atoms with Gasteiger partial charge in [-0.25, -0.2) is 0 Å². The summed E-state index contributed by atoms with van der Waals surface area (Å²) in [5.41, 5.74) is 0. The topological polar surface area (TPSA) is 21.3 Å². The molecule has 1 aromatic rings. The molecular weight excluding hydrogens is 233 g/mol. The summed E-state index contributed by atoms with van der Waals surface area (Å²) in [6.07, 6.45) is 2.46. The quantitative estimate of drug-likeness (QED) is 0.888. The van der Waals surface area contributed by atoms with E-state index in [0.717, 1.165) is 23.9 Å². The van der Waals surface area contributed by atoms with Gasteiger partial charge >= 0.3 is 0 Å². The van der Waals surface area contributed by atoms with Crippen LogP contribution in [0.15, 0.2) is 24.3 Å². The molecular formula is C11H15Cl2NO. The molecule has 1 saturated heterocycles. The molecule has 1 atom stereocenters. The molecule has 4 heteroatoms. The summed E-state index contributed by atoms with van der Waals surface area (Å²) >= 11 is 5.84. The van der Waals surface area contributed by atoms with E-state index in [-0.39, 0.29) is 12.4 Å². The lowest BCUT2D eigenvalue weighted by Crippen LogP contribution is -2.28. The van der Waals surface area contributed by atoms with Crippen LogP contribution in [0.4, 0.5) is 0 Å². The smallest absolute Gasteiger partial charge is 0.120 e. The summed E-state index contributed by atoms with van der Waals surface area (Å²) in [7, 11) is 0. The van der Waals surface area contributed by atoms with Crippen molar-refractivity contribution in [2.24, 2.45) is 0 Å². The zero-order valence-corrected chi connectivity index (χ0v) is 9.98. The number of hydrogen-bond acceptors (Lipinski definition) is 2. The fourth-order valence-electron chi connectivity index (χ4n) is 1.65. The molecule has 1 heterocycles. The minimum absolute atomic E-state index is 0. The molecule has 0 unspecified atom stereocenters. The van der Waals surface area contributed by atoms with Crippen LogP contribution < -0.4 is 10.1 Å². The van der Waals surface area contributed by atoms with Gasteiger partial charge in [-0.2, -0.15) is 0 Å². The second-order valence-electron chi connectivity index (χ2n) is 3.56. The third-order valence-corrected chi connectivity index (χ3v) is 2.64. The second kappa shape index (κ2) is 6.21. The highest BCUT2D eigenvalue weighted by Gasteiger charge is 2.14. The van der Waals surface area contributed by atoms with Gasteiger partial charge in [0.05, 0.1) is 0 Å². The van der Waals surface area contributed by atoms with Crippen LogP contribution in [0.25, 0.3) is 0 Å². The van der Waals surface area contributed by atoms with Crippen molar-refractivity contribution in [2.45, 2.75) is 18.9 Å². The molecule has 0 spiro atoms. The van der Waals surface area contributed by atoms with Gasteiger partial charge in [-0.1, -0.05) is 17.7 Å². The van der Waals surface area contributed by atoms with E-state index in [2.05, 4.69) is 5.32 Å². The molecule has 2 nitrogen and oxygen atoms in total. The Bertz CT molecular complexity index is 300. The van der Waals surface area contributed by atoms with Gasteiger partial charge in [0, 0.05) is 11.1 Å². The molecule has 0 aromatic heterocycles. The fraction of sp³-hybridized carbons (Fsp3) is 0.455. The molecule has 15 heavy (non-hydrogen) atoms. The average Bonchev–Trinajstić information content (AvgIpc) is 2.67. The van der Waals surface area contributed by atoms with E-state index >= 15 is 0 Å². The third kappa shape index (κ3) is 3.90. The SMILES string of the molecule is Cl.Clc1cccc(OC[C@@H]2CCCN2)c1. The van der Waals surface area contributed by atoms with Crippen molar-refractivity contribution in [1.29, 1.82) is 0 Å². The first-order chi connectivity index (χ1) is 6.84. The monoisotopic (exact) mass is 247 g/mol. The Balaban J connectivity index is 0.00000112. The number of benzene rings is 1. The molecule has 1 N–H and O–H groups in total. The second-order valence-corrected chi connectivity index (χ2v) is 4.00. The van der Waals surface area contributed by atoms with Crippen LogP contribution in [0, 0.1) is 0 Å². The van der Waals surface area contributed by atoms with Crippen molar-refractivity contribution in [3.05, 3.63) is 29.3 Å². The van der Waals surface area contributed by atoms with E-state index in [4.69, 9.17) is 16.3 Å². The molecule has 0 saturated carbocycles. The van der Waals surface area contributed by atoms with Gasteiger partial charge < -0.3 is 10.1 Å². The Morgan fingerprint density at radius 3 is 3.00 bits per heavy atom. The van der Waals surface area contributed by atoms with Crippen LogP contribution >= 0.6 is 24.0 Å². The predicted octanol–water partition coefficient (Wildman–Crippen LogP) is 2.89. The Morgan fingerprint density at radius 1 is 1.47 bits per heavy atom. The van der Waals surface area contributed by atoms with Crippen molar-refractivity contribution < 1.29 is 4.74 Å². The molecule has 0 amide bonds. The zero-order chi connectivity index (χ0) is 9.80. The van der Waals surface area contributed by atoms with Crippen LogP contribution in [-0.2, 0) is 0 Å². The van der Waals surface area contributed by atoms with Gasteiger partial charge in [-0.3, -0.25) is 0 Å². The van der Waals surface area contributed by atoms with Crippen molar-refractivity contribution in [2.75, 3.05) is 13.2 Å². The van der Waals surface area contributed by atoms with E-state index in [1.165, 1.54) is 12.8 Å².